The number of hydrogen-bond acceptors (Lipinski definition) is 5. The Hall–Kier alpha value is -2.57. The Balaban J connectivity index is 1.25. The number of hydrogen-bond donors (Lipinski definition) is 1. The topological polar surface area (TPSA) is 62.7 Å². The maximum absolute atomic E-state index is 10.9. The number of piperidine rings is 1. The van der Waals surface area contributed by atoms with Crippen LogP contribution in [-0.2, 0) is 11.2 Å². The molecule has 0 bridgehead atoms. The minimum absolute atomic E-state index is 0.0330. The number of rotatable bonds is 8. The lowest BCUT2D eigenvalue weighted by molar-refractivity contribution is -0.136. The Labute approximate surface area is 191 Å². The van der Waals surface area contributed by atoms with Crippen LogP contribution in [-0.4, -0.2) is 35.8 Å². The van der Waals surface area contributed by atoms with E-state index in [9.17, 15) is 4.79 Å². The number of halogens is 1. The lowest BCUT2D eigenvalue weighted by atomic mass is 9.94. The van der Waals surface area contributed by atoms with Gasteiger partial charge in [-0.1, -0.05) is 59.3 Å². The van der Waals surface area contributed by atoms with Crippen molar-refractivity contribution in [1.82, 2.24) is 4.98 Å². The van der Waals surface area contributed by atoms with Gasteiger partial charge in [-0.2, -0.15) is 0 Å². The maximum atomic E-state index is 10.9. The van der Waals surface area contributed by atoms with E-state index in [1.165, 1.54) is 10.4 Å². The molecule has 2 aromatic carbocycles. The van der Waals surface area contributed by atoms with Gasteiger partial charge in [-0.3, -0.25) is 4.79 Å². The molecule has 1 aliphatic heterocycles. The molecule has 0 spiro atoms. The summed E-state index contributed by atoms with van der Waals surface area (Å²) < 4.78 is 5.88. The molecule has 0 amide bonds. The zero-order valence-electron chi connectivity index (χ0n) is 17.2. The van der Waals surface area contributed by atoms with Gasteiger partial charge >= 0.3 is 5.97 Å². The van der Waals surface area contributed by atoms with Crippen LogP contribution in [0.1, 0.15) is 24.8 Å². The first kappa shape index (κ1) is 21.7. The number of aliphatic carboxylic acids is 1. The number of ether oxygens (including phenoxy) is 1. The van der Waals surface area contributed by atoms with Gasteiger partial charge in [0, 0.05) is 19.3 Å². The largest absolute Gasteiger partial charge is 0.492 e. The zero-order chi connectivity index (χ0) is 21.6. The first-order chi connectivity index (χ1) is 15.1. The summed E-state index contributed by atoms with van der Waals surface area (Å²) in [6, 6.07) is 15.5. The fraction of sp³-hybridized carbons (Fsp3) is 0.333. The molecule has 0 saturated carbocycles. The average molecular weight is 457 g/mol. The Morgan fingerprint density at radius 1 is 1.19 bits per heavy atom. The van der Waals surface area contributed by atoms with Crippen molar-refractivity contribution in [2.75, 3.05) is 24.6 Å². The predicted octanol–water partition coefficient (Wildman–Crippen LogP) is 5.78. The third-order valence-electron chi connectivity index (χ3n) is 5.57. The van der Waals surface area contributed by atoms with E-state index in [4.69, 9.17) is 21.4 Å². The van der Waals surface area contributed by atoms with E-state index in [2.05, 4.69) is 34.1 Å². The number of benzene rings is 2. The monoisotopic (exact) mass is 456 g/mol. The summed E-state index contributed by atoms with van der Waals surface area (Å²) in [4.78, 5) is 19.1. The van der Waals surface area contributed by atoms with Crippen molar-refractivity contribution in [1.29, 1.82) is 0 Å². The minimum atomic E-state index is -0.865. The second-order valence-electron chi connectivity index (χ2n) is 7.78. The third kappa shape index (κ3) is 5.77. The average Bonchev–Trinajstić information content (AvgIpc) is 3.27. The van der Waals surface area contributed by atoms with Gasteiger partial charge in [-0.15, -0.1) is 0 Å². The van der Waals surface area contributed by atoms with Gasteiger partial charge in [0.25, 0.3) is 0 Å². The molecule has 1 fully saturated rings. The Morgan fingerprint density at radius 3 is 2.71 bits per heavy atom. The number of carboxylic acids is 1. The first-order valence-corrected chi connectivity index (χ1v) is 11.7. The number of aromatic nitrogens is 1. The summed E-state index contributed by atoms with van der Waals surface area (Å²) >= 11 is 7.95. The Kier molecular flexibility index (Phi) is 7.10. The van der Waals surface area contributed by atoms with Gasteiger partial charge in [0.1, 0.15) is 5.75 Å². The molecule has 4 rings (SSSR count). The molecule has 31 heavy (non-hydrogen) atoms. The molecule has 0 radical (unpaired) electrons. The van der Waals surface area contributed by atoms with Crippen LogP contribution in [0.25, 0.3) is 10.4 Å². The molecule has 1 aliphatic rings. The first-order valence-electron chi connectivity index (χ1n) is 10.5. The molecule has 1 saturated heterocycles. The van der Waals surface area contributed by atoms with E-state index in [-0.39, 0.29) is 6.42 Å². The van der Waals surface area contributed by atoms with Crippen LogP contribution in [0.3, 0.4) is 0 Å². The van der Waals surface area contributed by atoms with Gasteiger partial charge in [0.15, 0.2) is 5.13 Å². The highest BCUT2D eigenvalue weighted by Gasteiger charge is 2.21. The highest BCUT2D eigenvalue weighted by molar-refractivity contribution is 7.18. The van der Waals surface area contributed by atoms with Gasteiger partial charge in [0.05, 0.1) is 22.9 Å². The van der Waals surface area contributed by atoms with Gasteiger partial charge in [-0.05, 0) is 48.4 Å². The normalized spacial score (nSPS) is 14.5. The minimum Gasteiger partial charge on any atom is -0.492 e. The molecule has 0 unspecified atom stereocenters. The van der Waals surface area contributed by atoms with Gasteiger partial charge in [-0.25, -0.2) is 4.98 Å². The molecule has 3 aromatic rings. The fourth-order valence-electron chi connectivity index (χ4n) is 3.84. The highest BCUT2D eigenvalue weighted by Crippen LogP contribution is 2.33. The molecule has 5 nitrogen and oxygen atoms in total. The summed E-state index contributed by atoms with van der Waals surface area (Å²) in [6.45, 7) is 2.58. The molecular weight excluding hydrogens is 432 g/mol. The molecule has 162 valence electrons. The second kappa shape index (κ2) is 10.2. The molecule has 1 aromatic heterocycles. The van der Waals surface area contributed by atoms with Crippen LogP contribution in [0, 0.1) is 5.92 Å². The summed E-state index contributed by atoms with van der Waals surface area (Å²) in [6.07, 6.45) is 5.11. The van der Waals surface area contributed by atoms with Crippen molar-refractivity contribution in [3.63, 3.8) is 0 Å². The van der Waals surface area contributed by atoms with Crippen molar-refractivity contribution in [2.45, 2.75) is 25.7 Å². The summed E-state index contributed by atoms with van der Waals surface area (Å²) in [5, 5.41) is 10.6. The van der Waals surface area contributed by atoms with Crippen molar-refractivity contribution in [2.24, 2.45) is 5.92 Å². The van der Waals surface area contributed by atoms with Crippen LogP contribution >= 0.6 is 22.9 Å². The molecule has 0 atom stereocenters. The SMILES string of the molecule is O=C(O)Cc1ccc(Cl)c(OCCC2CCN(c3ncc(-c4ccccc4)s3)CC2)c1. The van der Waals surface area contributed by atoms with E-state index in [1.807, 2.05) is 12.3 Å². The quantitative estimate of drug-likeness (QED) is 0.465. The number of thiazole rings is 1. The van der Waals surface area contributed by atoms with Crippen molar-refractivity contribution >= 4 is 34.0 Å². The highest BCUT2D eigenvalue weighted by atomic mass is 35.5. The Morgan fingerprint density at radius 2 is 1.97 bits per heavy atom. The van der Waals surface area contributed by atoms with E-state index >= 15 is 0 Å². The van der Waals surface area contributed by atoms with Crippen molar-refractivity contribution in [3.8, 4) is 16.2 Å². The third-order valence-corrected chi connectivity index (χ3v) is 6.99. The fourth-order valence-corrected chi connectivity index (χ4v) is 4.98. The van der Waals surface area contributed by atoms with Crippen LogP contribution in [0.5, 0.6) is 5.75 Å². The summed E-state index contributed by atoms with van der Waals surface area (Å²) in [5.74, 6) is 0.302. The lowest BCUT2D eigenvalue weighted by Crippen LogP contribution is -2.34. The number of anilines is 1. The molecule has 7 heteroatoms. The van der Waals surface area contributed by atoms with E-state index in [0.717, 1.165) is 37.5 Å². The van der Waals surface area contributed by atoms with Crippen LogP contribution in [0.4, 0.5) is 5.13 Å². The Bertz CT molecular complexity index is 1020. The molecule has 1 N–H and O–H groups in total. The smallest absolute Gasteiger partial charge is 0.307 e. The standard InChI is InChI=1S/C24H25ClN2O3S/c25-20-7-6-18(15-23(28)29)14-21(20)30-13-10-17-8-11-27(12-9-17)24-26-16-22(31-24)19-4-2-1-3-5-19/h1-7,14,16-17H,8-13,15H2,(H,28,29). The lowest BCUT2D eigenvalue weighted by Gasteiger charge is -2.31. The van der Waals surface area contributed by atoms with Gasteiger partial charge in [0.2, 0.25) is 0 Å². The zero-order valence-corrected chi connectivity index (χ0v) is 18.7. The van der Waals surface area contributed by atoms with Gasteiger partial charge < -0.3 is 14.7 Å². The number of carbonyl (C=O) groups is 1. The van der Waals surface area contributed by atoms with Crippen molar-refractivity contribution < 1.29 is 14.6 Å². The van der Waals surface area contributed by atoms with Crippen LogP contribution < -0.4 is 9.64 Å². The number of carboxylic acid groups (broad SMARTS) is 1. The summed E-state index contributed by atoms with van der Waals surface area (Å²) in [7, 11) is 0. The molecular formula is C24H25ClN2O3S. The molecule has 0 aliphatic carbocycles. The summed E-state index contributed by atoms with van der Waals surface area (Å²) in [5.41, 5.74) is 1.91. The van der Waals surface area contributed by atoms with E-state index in [0.29, 0.717) is 28.9 Å². The second-order valence-corrected chi connectivity index (χ2v) is 9.19. The number of nitrogens with zero attached hydrogens (tertiary/aromatic N) is 2. The maximum Gasteiger partial charge on any atom is 0.307 e. The van der Waals surface area contributed by atoms with Crippen LogP contribution in [0.15, 0.2) is 54.7 Å². The molecule has 2 heterocycles. The van der Waals surface area contributed by atoms with E-state index in [1.54, 1.807) is 29.5 Å². The van der Waals surface area contributed by atoms with E-state index < -0.39 is 5.97 Å². The predicted molar refractivity (Wildman–Crippen MR) is 125 cm³/mol. The van der Waals surface area contributed by atoms with Crippen LogP contribution in [0.2, 0.25) is 5.02 Å². The van der Waals surface area contributed by atoms with Crippen molar-refractivity contribution in [3.05, 3.63) is 65.3 Å².